The Morgan fingerprint density at radius 3 is 1.05 bits per heavy atom. The maximum atomic E-state index is 13.3. The molecule has 0 radical (unpaired) electrons. The van der Waals surface area contributed by atoms with Gasteiger partial charge >= 0.3 is 6.03 Å². The van der Waals surface area contributed by atoms with Gasteiger partial charge in [-0.3, -0.25) is 10.1 Å². The number of aromatic amines is 1. The number of amides is 2. The molecule has 1 heterocycles. The highest BCUT2D eigenvalue weighted by molar-refractivity contribution is 5.98. The highest BCUT2D eigenvalue weighted by Crippen LogP contribution is 2.42. The number of carbonyl (C=O) groups is 1. The molecule has 13 nitrogen and oxygen atoms in total. The van der Waals surface area contributed by atoms with Crippen LogP contribution in [0.2, 0.25) is 0 Å². The van der Waals surface area contributed by atoms with Crippen molar-refractivity contribution in [1.82, 2.24) is 9.97 Å². The molecule has 0 aliphatic carbocycles. The molecule has 0 spiro atoms. The molecule has 0 bridgehead atoms. The molecule has 0 fully saturated rings. The molecule has 4 aromatic carbocycles. The molecular weight excluding hydrogens is 1380 g/mol. The van der Waals surface area contributed by atoms with Crippen LogP contribution in [0.15, 0.2) is 71.5 Å². The molecule has 1 aromatic heterocycles. The second-order valence-electron chi connectivity index (χ2n) is 32.1. The van der Waals surface area contributed by atoms with Gasteiger partial charge in [0.2, 0.25) is 11.7 Å². The van der Waals surface area contributed by atoms with Crippen molar-refractivity contribution in [1.29, 1.82) is 0 Å². The van der Waals surface area contributed by atoms with Gasteiger partial charge < -0.3 is 43.5 Å². The van der Waals surface area contributed by atoms with Crippen LogP contribution in [0.3, 0.4) is 0 Å². The Morgan fingerprint density at radius 1 is 0.360 bits per heavy atom. The smallest absolute Gasteiger partial charge is 0.326 e. The molecule has 5 aromatic rings. The van der Waals surface area contributed by atoms with Crippen molar-refractivity contribution in [2.45, 2.75) is 340 Å². The van der Waals surface area contributed by atoms with Crippen LogP contribution >= 0.6 is 0 Å². The lowest BCUT2D eigenvalue weighted by Gasteiger charge is -2.19. The number of H-pyrrole nitrogens is 1. The zero-order valence-electron chi connectivity index (χ0n) is 72.1. The fraction of sp³-hybridized carbons (Fsp3) is 0.643. The normalized spacial score (nSPS) is 13.1. The summed E-state index contributed by atoms with van der Waals surface area (Å²) < 4.78 is 48.1. The minimum atomic E-state index is -0.501. The second kappa shape index (κ2) is 58.7. The van der Waals surface area contributed by atoms with E-state index in [1.165, 1.54) is 160 Å². The monoisotopic (exact) mass is 1530 g/mol. The SMILES string of the molecule is CCCCCCCCCCCCOc1cc(/C=C/c2cc(OC[C@@H](C)CC)c(/C=C/c3cc(OC[C@@H](C)CC)c(/C=C/c4ccc(NC(=O)Nc5nc(=O)cc(C(CC)CCCC)[nH]5)cc4)cc3OC[C@@H](C)CC)cc2OC[C@@H](C)CC)cc(OCCCCCCCCCCCC)c1OCCCCCCCCCCCC. The highest BCUT2D eigenvalue weighted by atomic mass is 16.5. The molecule has 5 atom stereocenters. The van der Waals surface area contributed by atoms with E-state index in [2.05, 4.69) is 177 Å². The van der Waals surface area contributed by atoms with E-state index >= 15 is 0 Å². The van der Waals surface area contributed by atoms with Gasteiger partial charge in [0.15, 0.2) is 11.5 Å². The van der Waals surface area contributed by atoms with E-state index < -0.39 is 6.03 Å². The van der Waals surface area contributed by atoms with E-state index in [1.54, 1.807) is 0 Å². The third-order valence-corrected chi connectivity index (χ3v) is 21.8. The predicted molar refractivity (Wildman–Crippen MR) is 474 cm³/mol. The van der Waals surface area contributed by atoms with Crippen molar-refractivity contribution in [2.75, 3.05) is 56.9 Å². The summed E-state index contributed by atoms with van der Waals surface area (Å²) in [5, 5.41) is 5.65. The lowest BCUT2D eigenvalue weighted by molar-refractivity contribution is 0.234. The first-order valence-corrected chi connectivity index (χ1v) is 44.9. The Bertz CT molecular complexity index is 3380. The summed E-state index contributed by atoms with van der Waals surface area (Å²) in [6.07, 6.45) is 58.6. The summed E-state index contributed by atoms with van der Waals surface area (Å²) in [6.45, 7) is 32.9. The Hall–Kier alpha value is -7.15. The van der Waals surface area contributed by atoms with Crippen LogP contribution in [0.5, 0.6) is 40.2 Å². The van der Waals surface area contributed by atoms with E-state index in [-0.39, 0.29) is 17.4 Å². The number of hydrogen-bond acceptors (Lipinski definition) is 10. The van der Waals surface area contributed by atoms with Crippen molar-refractivity contribution >= 4 is 54.1 Å². The predicted octanol–water partition coefficient (Wildman–Crippen LogP) is 29.2. The molecule has 111 heavy (non-hydrogen) atoms. The Balaban J connectivity index is 1.54. The van der Waals surface area contributed by atoms with Crippen molar-refractivity contribution in [2.24, 2.45) is 23.7 Å². The average molecular weight is 1530 g/mol. The van der Waals surface area contributed by atoms with E-state index in [4.69, 9.17) is 33.2 Å². The lowest BCUT2D eigenvalue weighted by Crippen LogP contribution is -2.24. The van der Waals surface area contributed by atoms with Gasteiger partial charge in [-0.15, -0.1) is 0 Å². The fourth-order valence-electron chi connectivity index (χ4n) is 13.2. The number of benzene rings is 4. The van der Waals surface area contributed by atoms with Gasteiger partial charge in [0.05, 0.1) is 46.2 Å². The number of urea groups is 1. The van der Waals surface area contributed by atoms with Crippen molar-refractivity contribution in [3.05, 3.63) is 116 Å². The first kappa shape index (κ1) is 94.4. The molecule has 3 N–H and O–H groups in total. The van der Waals surface area contributed by atoms with Crippen LogP contribution in [-0.2, 0) is 0 Å². The van der Waals surface area contributed by atoms with Gasteiger partial charge in [0, 0.05) is 39.7 Å². The van der Waals surface area contributed by atoms with Crippen molar-refractivity contribution in [3.8, 4) is 40.2 Å². The summed E-state index contributed by atoms with van der Waals surface area (Å²) in [7, 11) is 0. The maximum Gasteiger partial charge on any atom is 0.326 e. The molecule has 0 saturated heterocycles. The summed E-state index contributed by atoms with van der Waals surface area (Å²) in [4.78, 5) is 33.2. The number of nitrogens with zero attached hydrogens (tertiary/aromatic N) is 1. The van der Waals surface area contributed by atoms with E-state index in [0.717, 1.165) is 169 Å². The highest BCUT2D eigenvalue weighted by Gasteiger charge is 2.20. The minimum Gasteiger partial charge on any atom is -0.493 e. The number of rotatable bonds is 65. The third-order valence-electron chi connectivity index (χ3n) is 21.8. The van der Waals surface area contributed by atoms with Crippen LogP contribution in [-0.4, -0.2) is 62.2 Å². The Labute approximate surface area is 675 Å². The van der Waals surface area contributed by atoms with Crippen LogP contribution in [0.4, 0.5) is 16.4 Å². The number of carbonyl (C=O) groups excluding carboxylic acids is 1. The molecule has 0 aliphatic rings. The summed E-state index contributed by atoms with van der Waals surface area (Å²) >= 11 is 0. The first-order valence-electron chi connectivity index (χ1n) is 44.9. The summed E-state index contributed by atoms with van der Waals surface area (Å²) in [6, 6.07) is 21.5. The van der Waals surface area contributed by atoms with Crippen LogP contribution in [0, 0.1) is 23.7 Å². The Morgan fingerprint density at radius 2 is 0.694 bits per heavy atom. The molecule has 620 valence electrons. The number of anilines is 2. The van der Waals surface area contributed by atoms with Gasteiger partial charge in [0.1, 0.15) is 23.0 Å². The molecule has 2 amide bonds. The van der Waals surface area contributed by atoms with E-state index in [1.807, 2.05) is 30.3 Å². The number of aromatic nitrogens is 2. The lowest BCUT2D eigenvalue weighted by atomic mass is 9.96. The van der Waals surface area contributed by atoms with Crippen molar-refractivity contribution < 1.29 is 38.0 Å². The molecular formula is C98H154N4O9. The minimum absolute atomic E-state index is 0.122. The molecule has 1 unspecified atom stereocenters. The van der Waals surface area contributed by atoms with Crippen molar-refractivity contribution in [3.63, 3.8) is 0 Å². The summed E-state index contributed by atoms with van der Waals surface area (Å²) in [5.41, 5.74) is 6.43. The van der Waals surface area contributed by atoms with Crippen LogP contribution in [0.25, 0.3) is 36.5 Å². The standard InChI is InChI=1S/C98H154N4O9/c1-14-23-27-30-33-36-39-42-45-48-62-105-93-65-81(66-94(106-63-49-46-43-40-37-34-31-28-24-15-2)96(93)107-64-50-47-44-41-38-35-32-29-25-16-3)53-57-84-68-92(111-75-79(13)21-8)86(70-90(84)109-73-77(11)19-6)59-58-85-69-89(108-72-76(10)18-5)83(67-91(85)110-74-78(12)20-7)56-52-80-54-60-87(61-55-80)99-98(104)102-97-100-88(71-95(103)101-97)82(22-9)51-26-17-4/h52-61,65-71,76-79,82H,14-51,62-64,72-75H2,1-13H3,(H3,99,100,101,102,103,104)/b56-52+,57-53+,59-58+/t76-,77-,78-,79-,82?/m0/s1. The molecule has 13 heteroatoms. The van der Waals surface area contributed by atoms with Gasteiger partial charge in [-0.1, -0.05) is 350 Å². The second-order valence-corrected chi connectivity index (χ2v) is 32.1. The third kappa shape index (κ3) is 39.4. The zero-order chi connectivity index (χ0) is 79.9. The maximum absolute atomic E-state index is 13.3. The van der Waals surface area contributed by atoms with Gasteiger partial charge in [-0.05, 0) is 121 Å². The first-order chi connectivity index (χ1) is 54.2. The quantitative estimate of drug-likeness (QED) is 0.0253. The van der Waals surface area contributed by atoms with Crippen LogP contribution < -0.4 is 49.4 Å². The van der Waals surface area contributed by atoms with Gasteiger partial charge in [0.25, 0.3) is 5.56 Å². The molecule has 5 rings (SSSR count). The van der Waals surface area contributed by atoms with Crippen LogP contribution in [0.1, 0.15) is 379 Å². The summed E-state index contributed by atoms with van der Waals surface area (Å²) in [5.74, 6) is 6.84. The van der Waals surface area contributed by atoms with E-state index in [9.17, 15) is 9.59 Å². The average Bonchev–Trinajstić information content (AvgIpc) is 0.814. The number of hydrogen-bond donors (Lipinski definition) is 3. The van der Waals surface area contributed by atoms with E-state index in [0.29, 0.717) is 75.6 Å². The number of nitrogens with one attached hydrogen (secondary N) is 3. The zero-order valence-corrected chi connectivity index (χ0v) is 72.1. The number of unbranched alkanes of at least 4 members (excludes halogenated alkanes) is 28. The Kier molecular flexibility index (Phi) is 49.9. The topological polar surface area (TPSA) is 151 Å². The molecule has 0 aliphatic heterocycles. The fourth-order valence-corrected chi connectivity index (χ4v) is 13.2. The van der Waals surface area contributed by atoms with Gasteiger partial charge in [-0.25, -0.2) is 4.79 Å². The molecule has 0 saturated carbocycles. The number of ether oxygens (including phenoxy) is 7. The largest absolute Gasteiger partial charge is 0.493 e. The van der Waals surface area contributed by atoms with Gasteiger partial charge in [-0.2, -0.15) is 4.98 Å².